The van der Waals surface area contributed by atoms with Gasteiger partial charge in [0.15, 0.2) is 0 Å². The number of aryl methyl sites for hydroxylation is 3. The quantitative estimate of drug-likeness (QED) is 0.881. The molecule has 0 aromatic carbocycles. The van der Waals surface area contributed by atoms with Gasteiger partial charge in [0.2, 0.25) is 0 Å². The van der Waals surface area contributed by atoms with Gasteiger partial charge in [0.25, 0.3) is 0 Å². The third-order valence-electron chi connectivity index (χ3n) is 4.00. The molecular formula is C16H23N3S. The van der Waals surface area contributed by atoms with Crippen LogP contribution in [0.25, 0.3) is 0 Å². The summed E-state index contributed by atoms with van der Waals surface area (Å²) < 4.78 is 2.25. The van der Waals surface area contributed by atoms with Crippen LogP contribution >= 0.6 is 11.3 Å². The van der Waals surface area contributed by atoms with Gasteiger partial charge in [-0.15, -0.1) is 11.3 Å². The van der Waals surface area contributed by atoms with Crippen LogP contribution in [0.1, 0.15) is 53.9 Å². The Hall–Kier alpha value is -1.13. The highest BCUT2D eigenvalue weighted by Crippen LogP contribution is 2.35. The maximum atomic E-state index is 4.61. The van der Waals surface area contributed by atoms with Gasteiger partial charge in [-0.05, 0) is 50.8 Å². The summed E-state index contributed by atoms with van der Waals surface area (Å²) >= 11 is 1.98. The molecule has 4 heteroatoms. The first kappa shape index (κ1) is 13.8. The monoisotopic (exact) mass is 289 g/mol. The molecule has 2 heterocycles. The van der Waals surface area contributed by atoms with Crippen LogP contribution in [0.2, 0.25) is 0 Å². The van der Waals surface area contributed by atoms with E-state index in [0.29, 0.717) is 0 Å². The fourth-order valence-electron chi connectivity index (χ4n) is 2.95. The number of imidazole rings is 1. The summed E-state index contributed by atoms with van der Waals surface area (Å²) in [6.07, 6.45) is 9.00. The molecule has 108 valence electrons. The minimum atomic E-state index is 0.250. The van der Waals surface area contributed by atoms with Gasteiger partial charge >= 0.3 is 0 Å². The maximum Gasteiger partial charge on any atom is 0.131 e. The highest BCUT2D eigenvalue weighted by atomic mass is 32.1. The molecular weight excluding hydrogens is 266 g/mol. The van der Waals surface area contributed by atoms with Crippen molar-refractivity contribution in [3.05, 3.63) is 39.6 Å². The third-order valence-corrected chi connectivity index (χ3v) is 5.30. The number of aromatic nitrogens is 2. The fourth-order valence-corrected chi connectivity index (χ4v) is 4.28. The van der Waals surface area contributed by atoms with E-state index in [0.717, 1.165) is 25.3 Å². The van der Waals surface area contributed by atoms with Gasteiger partial charge in [-0.2, -0.15) is 0 Å². The van der Waals surface area contributed by atoms with Gasteiger partial charge in [0, 0.05) is 28.7 Å². The highest BCUT2D eigenvalue weighted by Gasteiger charge is 2.23. The summed E-state index contributed by atoms with van der Waals surface area (Å²) in [5.41, 5.74) is 1.57. The molecule has 0 spiro atoms. The van der Waals surface area contributed by atoms with Crippen LogP contribution in [-0.4, -0.2) is 16.1 Å². The third kappa shape index (κ3) is 2.54. The van der Waals surface area contributed by atoms with Crippen LogP contribution in [0.3, 0.4) is 0 Å². The molecule has 1 aliphatic carbocycles. The Morgan fingerprint density at radius 3 is 3.05 bits per heavy atom. The van der Waals surface area contributed by atoms with Crippen molar-refractivity contribution in [3.63, 3.8) is 0 Å². The molecule has 1 unspecified atom stereocenters. The summed E-state index contributed by atoms with van der Waals surface area (Å²) in [6.45, 7) is 6.40. The predicted molar refractivity (Wildman–Crippen MR) is 84.4 cm³/mol. The summed E-state index contributed by atoms with van der Waals surface area (Å²) in [4.78, 5) is 7.64. The van der Waals surface area contributed by atoms with Crippen LogP contribution in [0.5, 0.6) is 0 Å². The Labute approximate surface area is 125 Å². The van der Waals surface area contributed by atoms with Crippen LogP contribution in [0.15, 0.2) is 18.5 Å². The van der Waals surface area contributed by atoms with Gasteiger partial charge in [0.1, 0.15) is 11.9 Å². The van der Waals surface area contributed by atoms with Crippen molar-refractivity contribution in [1.82, 2.24) is 14.9 Å². The van der Waals surface area contributed by atoms with E-state index in [1.165, 1.54) is 24.1 Å². The van der Waals surface area contributed by atoms with Gasteiger partial charge in [-0.3, -0.25) is 0 Å². The zero-order valence-corrected chi connectivity index (χ0v) is 13.2. The van der Waals surface area contributed by atoms with Crippen molar-refractivity contribution in [2.75, 3.05) is 6.54 Å². The Bertz CT molecular complexity index is 549. The van der Waals surface area contributed by atoms with Crippen molar-refractivity contribution < 1.29 is 0 Å². The molecule has 2 aromatic heterocycles. The topological polar surface area (TPSA) is 29.9 Å². The van der Waals surface area contributed by atoms with E-state index in [-0.39, 0.29) is 6.04 Å². The molecule has 0 aliphatic heterocycles. The molecule has 0 amide bonds. The normalized spacial score (nSPS) is 15.5. The number of fused-ring (bicyclic) bond motifs is 1. The van der Waals surface area contributed by atoms with E-state index in [1.807, 2.05) is 17.5 Å². The molecule has 0 saturated carbocycles. The van der Waals surface area contributed by atoms with Crippen LogP contribution in [-0.2, 0) is 19.4 Å². The first-order valence-corrected chi connectivity index (χ1v) is 8.51. The number of nitrogens with zero attached hydrogens (tertiary/aromatic N) is 2. The Morgan fingerprint density at radius 2 is 2.30 bits per heavy atom. The summed E-state index contributed by atoms with van der Waals surface area (Å²) in [5.74, 6) is 1.15. The van der Waals surface area contributed by atoms with Crippen LogP contribution < -0.4 is 5.32 Å². The zero-order valence-electron chi connectivity index (χ0n) is 12.4. The lowest BCUT2D eigenvalue weighted by Gasteiger charge is -2.18. The number of hydrogen-bond donors (Lipinski definition) is 1. The van der Waals surface area contributed by atoms with Crippen molar-refractivity contribution in [2.24, 2.45) is 0 Å². The molecule has 3 nitrogen and oxygen atoms in total. The van der Waals surface area contributed by atoms with Crippen molar-refractivity contribution in [1.29, 1.82) is 0 Å². The van der Waals surface area contributed by atoms with E-state index in [4.69, 9.17) is 0 Å². The van der Waals surface area contributed by atoms with E-state index in [1.54, 1.807) is 10.4 Å². The van der Waals surface area contributed by atoms with Gasteiger partial charge < -0.3 is 9.88 Å². The second-order valence-corrected chi connectivity index (χ2v) is 6.58. The van der Waals surface area contributed by atoms with Crippen molar-refractivity contribution in [3.8, 4) is 0 Å². The number of hydrogen-bond acceptors (Lipinski definition) is 3. The van der Waals surface area contributed by atoms with E-state index in [9.17, 15) is 0 Å². The largest absolute Gasteiger partial charge is 0.334 e. The molecule has 3 rings (SSSR count). The lowest BCUT2D eigenvalue weighted by atomic mass is 10.1. The first-order chi connectivity index (χ1) is 9.83. The maximum absolute atomic E-state index is 4.61. The van der Waals surface area contributed by atoms with E-state index < -0.39 is 0 Å². The smallest absolute Gasteiger partial charge is 0.131 e. The lowest BCUT2D eigenvalue weighted by molar-refractivity contribution is 0.547. The SMILES string of the molecule is CCCNC(c1cc2c(s1)CCC2)c1nccn1CC. The molecule has 0 radical (unpaired) electrons. The molecule has 2 aromatic rings. The predicted octanol–water partition coefficient (Wildman–Crippen LogP) is 3.54. The fraction of sp³-hybridized carbons (Fsp3) is 0.562. The second-order valence-electron chi connectivity index (χ2n) is 5.41. The Morgan fingerprint density at radius 1 is 1.40 bits per heavy atom. The molecule has 0 bridgehead atoms. The number of rotatable bonds is 6. The average molecular weight is 289 g/mol. The standard InChI is InChI=1S/C16H23N3S/c1-3-8-17-15(16-18-9-10-19(16)4-2)14-11-12-6-5-7-13(12)20-14/h9-11,15,17H,3-8H2,1-2H3. The van der Waals surface area contributed by atoms with Crippen LogP contribution in [0.4, 0.5) is 0 Å². The molecule has 1 N–H and O–H groups in total. The number of nitrogens with one attached hydrogen (secondary N) is 1. The average Bonchev–Trinajstić information content (AvgIpc) is 3.13. The second kappa shape index (κ2) is 6.10. The first-order valence-electron chi connectivity index (χ1n) is 7.69. The number of thiophene rings is 1. The minimum Gasteiger partial charge on any atom is -0.334 e. The molecule has 20 heavy (non-hydrogen) atoms. The van der Waals surface area contributed by atoms with E-state index >= 15 is 0 Å². The van der Waals surface area contributed by atoms with Crippen LogP contribution in [0, 0.1) is 0 Å². The summed E-state index contributed by atoms with van der Waals surface area (Å²) in [5, 5.41) is 3.68. The summed E-state index contributed by atoms with van der Waals surface area (Å²) in [6, 6.07) is 2.66. The van der Waals surface area contributed by atoms with Crippen molar-refractivity contribution >= 4 is 11.3 Å². The van der Waals surface area contributed by atoms with Gasteiger partial charge in [0.05, 0.1) is 0 Å². The Kier molecular flexibility index (Phi) is 4.22. The van der Waals surface area contributed by atoms with Gasteiger partial charge in [-0.25, -0.2) is 4.98 Å². The lowest BCUT2D eigenvalue weighted by Crippen LogP contribution is -2.25. The zero-order chi connectivity index (χ0) is 13.9. The molecule has 1 aliphatic rings. The minimum absolute atomic E-state index is 0.250. The van der Waals surface area contributed by atoms with Gasteiger partial charge in [-0.1, -0.05) is 6.92 Å². The Balaban J connectivity index is 1.92. The molecule has 0 saturated heterocycles. The molecule has 0 fully saturated rings. The molecule has 1 atom stereocenters. The van der Waals surface area contributed by atoms with E-state index in [2.05, 4.69) is 41.0 Å². The highest BCUT2D eigenvalue weighted by molar-refractivity contribution is 7.12. The summed E-state index contributed by atoms with van der Waals surface area (Å²) in [7, 11) is 0. The van der Waals surface area contributed by atoms with Crippen molar-refractivity contribution in [2.45, 2.75) is 52.1 Å².